The molecule has 0 aliphatic carbocycles. The zero-order valence-electron chi connectivity index (χ0n) is 17.1. The van der Waals surface area contributed by atoms with Gasteiger partial charge in [0.2, 0.25) is 0 Å². The van der Waals surface area contributed by atoms with Gasteiger partial charge in [-0.2, -0.15) is 5.10 Å². The van der Waals surface area contributed by atoms with Gasteiger partial charge in [-0.05, 0) is 55.0 Å². The lowest BCUT2D eigenvalue weighted by Gasteiger charge is -2.20. The summed E-state index contributed by atoms with van der Waals surface area (Å²) in [5.74, 6) is 0.556. The number of benzene rings is 1. The molecule has 6 nitrogen and oxygen atoms in total. The molecule has 0 N–H and O–H groups in total. The third-order valence-electron chi connectivity index (χ3n) is 6.08. The van der Waals surface area contributed by atoms with Crippen molar-refractivity contribution in [2.45, 2.75) is 32.2 Å². The van der Waals surface area contributed by atoms with E-state index < -0.39 is 0 Å². The Hall–Kier alpha value is -2.86. The Morgan fingerprint density at radius 1 is 1.30 bits per heavy atom. The second-order valence-electron chi connectivity index (χ2n) is 8.09. The topological polar surface area (TPSA) is 60.2 Å². The summed E-state index contributed by atoms with van der Waals surface area (Å²) in [5, 5.41) is 4.74. The summed E-state index contributed by atoms with van der Waals surface area (Å²) in [4.78, 5) is 19.7. The number of rotatable bonds is 3. The Morgan fingerprint density at radius 2 is 2.17 bits per heavy atom. The number of aromatic nitrogens is 3. The number of carbonyl (C=O) groups excluding carboxylic acids is 1. The van der Waals surface area contributed by atoms with Crippen LogP contribution < -0.4 is 4.74 Å². The molecule has 154 valence electrons. The number of pyridine rings is 1. The van der Waals surface area contributed by atoms with E-state index in [2.05, 4.69) is 16.1 Å². The van der Waals surface area contributed by atoms with Crippen LogP contribution in [-0.4, -0.2) is 44.8 Å². The van der Waals surface area contributed by atoms with Gasteiger partial charge in [-0.3, -0.25) is 14.5 Å². The van der Waals surface area contributed by atoms with Crippen molar-refractivity contribution in [1.29, 1.82) is 0 Å². The molecule has 0 radical (unpaired) electrons. The largest absolute Gasteiger partial charge is 0.489 e. The monoisotopic (exact) mass is 422 g/mol. The van der Waals surface area contributed by atoms with Crippen LogP contribution in [-0.2, 0) is 13.5 Å². The minimum absolute atomic E-state index is 0.0261. The van der Waals surface area contributed by atoms with Crippen molar-refractivity contribution < 1.29 is 9.53 Å². The van der Waals surface area contributed by atoms with E-state index in [0.29, 0.717) is 29.4 Å². The molecule has 2 aliphatic heterocycles. The summed E-state index contributed by atoms with van der Waals surface area (Å²) in [6, 6.07) is 6.15. The van der Waals surface area contributed by atoms with E-state index in [-0.39, 0.29) is 11.9 Å². The van der Waals surface area contributed by atoms with Gasteiger partial charge in [0.25, 0.3) is 5.91 Å². The van der Waals surface area contributed by atoms with Crippen LogP contribution in [0.25, 0.3) is 11.3 Å². The SMILES string of the molecule is Cc1c(Cc2ccc(-c3cnn(C)c3)nc2)cc2c(c1Cl)OC[C@H]1CCCN1C2=O. The van der Waals surface area contributed by atoms with E-state index in [9.17, 15) is 4.79 Å². The molecule has 7 heteroatoms. The summed E-state index contributed by atoms with van der Waals surface area (Å²) in [6.45, 7) is 3.28. The molecule has 1 aromatic carbocycles. The number of carbonyl (C=O) groups is 1. The minimum Gasteiger partial charge on any atom is -0.489 e. The first-order valence-electron chi connectivity index (χ1n) is 10.2. The second kappa shape index (κ2) is 7.43. The predicted molar refractivity (Wildman–Crippen MR) is 115 cm³/mol. The van der Waals surface area contributed by atoms with Crippen LogP contribution in [0.3, 0.4) is 0 Å². The Morgan fingerprint density at radius 3 is 2.90 bits per heavy atom. The molecule has 2 aromatic heterocycles. The van der Waals surface area contributed by atoms with Crippen LogP contribution in [0.1, 0.15) is 39.9 Å². The normalized spacial score (nSPS) is 18.0. The number of aryl methyl sites for hydroxylation is 1. The fourth-order valence-corrected chi connectivity index (χ4v) is 4.62. The van der Waals surface area contributed by atoms with Gasteiger partial charge in [0, 0.05) is 31.5 Å². The van der Waals surface area contributed by atoms with E-state index in [1.807, 2.05) is 43.4 Å². The molecule has 1 atom stereocenters. The standard InChI is InChI=1S/C23H23ClN4O2/c1-14-16(8-15-5-6-20(25-10-15)17-11-26-27(2)12-17)9-19-22(21(14)24)30-13-18-4-3-7-28(18)23(19)29/h5-6,9-12,18H,3-4,7-8,13H2,1-2H3/t18-/m1/s1. The molecule has 2 aliphatic rings. The molecule has 1 saturated heterocycles. The van der Waals surface area contributed by atoms with Crippen LogP contribution in [0, 0.1) is 6.92 Å². The van der Waals surface area contributed by atoms with Crippen molar-refractivity contribution in [2.75, 3.05) is 13.2 Å². The van der Waals surface area contributed by atoms with Crippen molar-refractivity contribution in [3.8, 4) is 17.0 Å². The number of fused-ring (bicyclic) bond motifs is 2. The fourth-order valence-electron chi connectivity index (χ4n) is 4.34. The maximum absolute atomic E-state index is 13.2. The first-order valence-corrected chi connectivity index (χ1v) is 10.6. The predicted octanol–water partition coefficient (Wildman–Crippen LogP) is 4.03. The van der Waals surface area contributed by atoms with Gasteiger partial charge >= 0.3 is 0 Å². The molecular formula is C23H23ClN4O2. The van der Waals surface area contributed by atoms with Crippen LogP contribution >= 0.6 is 11.6 Å². The highest BCUT2D eigenvalue weighted by atomic mass is 35.5. The molecule has 0 bridgehead atoms. The minimum atomic E-state index is 0.0261. The van der Waals surface area contributed by atoms with Crippen LogP contribution in [0.15, 0.2) is 36.8 Å². The summed E-state index contributed by atoms with van der Waals surface area (Å²) < 4.78 is 7.76. The van der Waals surface area contributed by atoms with E-state index in [4.69, 9.17) is 16.3 Å². The van der Waals surface area contributed by atoms with Gasteiger partial charge in [0.05, 0.1) is 28.5 Å². The molecule has 1 amide bonds. The third kappa shape index (κ3) is 3.25. The molecule has 5 rings (SSSR count). The molecule has 1 fully saturated rings. The van der Waals surface area contributed by atoms with Gasteiger partial charge in [0.15, 0.2) is 5.75 Å². The smallest absolute Gasteiger partial charge is 0.258 e. The lowest BCUT2D eigenvalue weighted by atomic mass is 9.97. The number of hydrogen-bond acceptors (Lipinski definition) is 4. The number of nitrogens with zero attached hydrogens (tertiary/aromatic N) is 4. The average Bonchev–Trinajstić information content (AvgIpc) is 3.37. The third-order valence-corrected chi connectivity index (χ3v) is 6.54. The maximum atomic E-state index is 13.2. The summed E-state index contributed by atoms with van der Waals surface area (Å²) in [6.07, 6.45) is 8.27. The van der Waals surface area contributed by atoms with Crippen molar-refractivity contribution in [1.82, 2.24) is 19.7 Å². The van der Waals surface area contributed by atoms with Gasteiger partial charge in [0.1, 0.15) is 6.61 Å². The number of amides is 1. The highest BCUT2D eigenvalue weighted by Gasteiger charge is 2.35. The maximum Gasteiger partial charge on any atom is 0.258 e. The quantitative estimate of drug-likeness (QED) is 0.639. The van der Waals surface area contributed by atoms with E-state index in [0.717, 1.165) is 47.3 Å². The highest BCUT2D eigenvalue weighted by molar-refractivity contribution is 6.33. The molecular weight excluding hydrogens is 400 g/mol. The molecule has 4 heterocycles. The Balaban J connectivity index is 1.46. The molecule has 0 spiro atoms. The Kier molecular flexibility index (Phi) is 4.74. The Labute approximate surface area is 180 Å². The van der Waals surface area contributed by atoms with Gasteiger partial charge in [-0.25, -0.2) is 0 Å². The van der Waals surface area contributed by atoms with Gasteiger partial charge in [-0.15, -0.1) is 0 Å². The van der Waals surface area contributed by atoms with Crippen LogP contribution in [0.2, 0.25) is 5.02 Å². The second-order valence-corrected chi connectivity index (χ2v) is 8.47. The van der Waals surface area contributed by atoms with Crippen molar-refractivity contribution in [3.05, 3.63) is 64.1 Å². The van der Waals surface area contributed by atoms with E-state index >= 15 is 0 Å². The van der Waals surface area contributed by atoms with Crippen molar-refractivity contribution in [2.24, 2.45) is 7.05 Å². The van der Waals surface area contributed by atoms with Crippen LogP contribution in [0.5, 0.6) is 5.75 Å². The summed E-state index contributed by atoms with van der Waals surface area (Å²) in [5.41, 5.74) is 5.46. The van der Waals surface area contributed by atoms with Gasteiger partial charge in [-0.1, -0.05) is 17.7 Å². The average molecular weight is 423 g/mol. The van der Waals surface area contributed by atoms with Crippen LogP contribution in [0.4, 0.5) is 0 Å². The first kappa shape index (κ1) is 19.1. The zero-order valence-corrected chi connectivity index (χ0v) is 17.8. The van der Waals surface area contributed by atoms with Crippen molar-refractivity contribution in [3.63, 3.8) is 0 Å². The first-order chi connectivity index (χ1) is 14.5. The molecule has 0 saturated carbocycles. The number of halogens is 1. The molecule has 0 unspecified atom stereocenters. The number of hydrogen-bond donors (Lipinski definition) is 0. The fraction of sp³-hybridized carbons (Fsp3) is 0.348. The molecule has 30 heavy (non-hydrogen) atoms. The zero-order chi connectivity index (χ0) is 20.8. The lowest BCUT2D eigenvalue weighted by Crippen LogP contribution is -2.36. The van der Waals surface area contributed by atoms with Gasteiger partial charge < -0.3 is 9.64 Å². The Bertz CT molecular complexity index is 1120. The van der Waals surface area contributed by atoms with Crippen molar-refractivity contribution >= 4 is 17.5 Å². The van der Waals surface area contributed by atoms with E-state index in [1.54, 1.807) is 10.9 Å². The molecule has 3 aromatic rings. The highest BCUT2D eigenvalue weighted by Crippen LogP contribution is 2.39. The summed E-state index contributed by atoms with van der Waals surface area (Å²) in [7, 11) is 1.89. The van der Waals surface area contributed by atoms with E-state index in [1.165, 1.54) is 0 Å². The lowest BCUT2D eigenvalue weighted by molar-refractivity contribution is 0.0726. The number of ether oxygens (including phenoxy) is 1. The summed E-state index contributed by atoms with van der Waals surface area (Å²) >= 11 is 6.66.